The lowest BCUT2D eigenvalue weighted by molar-refractivity contribution is 0.366. The number of rotatable bonds is 3. The van der Waals surface area contributed by atoms with E-state index in [4.69, 9.17) is 11.6 Å². The number of nitrogens with zero attached hydrogens (tertiary/aromatic N) is 3. The molecular formula is C16H21ClN4. The molecule has 0 amide bonds. The van der Waals surface area contributed by atoms with Crippen molar-refractivity contribution in [2.45, 2.75) is 39.7 Å². The zero-order valence-electron chi connectivity index (χ0n) is 12.7. The Bertz CT molecular complexity index is 621. The van der Waals surface area contributed by atoms with Gasteiger partial charge in [0.15, 0.2) is 0 Å². The maximum Gasteiger partial charge on any atom is 0.138 e. The van der Waals surface area contributed by atoms with Gasteiger partial charge in [0, 0.05) is 6.04 Å². The minimum Gasteiger partial charge on any atom is -0.380 e. The van der Waals surface area contributed by atoms with Crippen LogP contribution in [0.3, 0.4) is 0 Å². The highest BCUT2D eigenvalue weighted by molar-refractivity contribution is 6.33. The first-order chi connectivity index (χ1) is 9.96. The number of nitrogens with one attached hydrogen (secondary N) is 1. The predicted octanol–water partition coefficient (Wildman–Crippen LogP) is 4.16. The summed E-state index contributed by atoms with van der Waals surface area (Å²) in [7, 11) is 0. The molecular weight excluding hydrogens is 284 g/mol. The lowest BCUT2D eigenvalue weighted by Gasteiger charge is -2.22. The number of benzene rings is 1. The lowest BCUT2D eigenvalue weighted by atomic mass is 9.91. The van der Waals surface area contributed by atoms with Gasteiger partial charge in [-0.2, -0.15) is 5.10 Å². The fraction of sp³-hybridized carbons (Fsp3) is 0.500. The SMILES string of the molecule is CC1CC(C)(C)CC1Nc1cccc(Cl)c1-n1cncn1. The van der Waals surface area contributed by atoms with Crippen molar-refractivity contribution >= 4 is 17.3 Å². The van der Waals surface area contributed by atoms with E-state index in [0.717, 1.165) is 17.8 Å². The third kappa shape index (κ3) is 2.91. The monoisotopic (exact) mass is 304 g/mol. The molecule has 1 heterocycles. The van der Waals surface area contributed by atoms with Gasteiger partial charge >= 0.3 is 0 Å². The van der Waals surface area contributed by atoms with Gasteiger partial charge in [0.25, 0.3) is 0 Å². The van der Waals surface area contributed by atoms with Crippen LogP contribution in [0.4, 0.5) is 5.69 Å². The van der Waals surface area contributed by atoms with Crippen molar-refractivity contribution in [3.05, 3.63) is 35.9 Å². The highest BCUT2D eigenvalue weighted by Crippen LogP contribution is 2.42. The third-order valence-electron chi connectivity index (χ3n) is 4.31. The molecule has 1 aromatic carbocycles. The number of halogens is 1. The summed E-state index contributed by atoms with van der Waals surface area (Å²) in [4.78, 5) is 4.02. The summed E-state index contributed by atoms with van der Waals surface area (Å²) in [5.41, 5.74) is 2.28. The average Bonchev–Trinajstić information content (AvgIpc) is 2.98. The van der Waals surface area contributed by atoms with E-state index in [1.807, 2.05) is 12.1 Å². The molecule has 0 aliphatic heterocycles. The zero-order valence-corrected chi connectivity index (χ0v) is 13.4. The molecule has 1 aliphatic rings. The van der Waals surface area contributed by atoms with Gasteiger partial charge in [-0.1, -0.05) is 38.4 Å². The highest BCUT2D eigenvalue weighted by Gasteiger charge is 2.36. The molecule has 112 valence electrons. The van der Waals surface area contributed by atoms with Crippen molar-refractivity contribution in [2.24, 2.45) is 11.3 Å². The van der Waals surface area contributed by atoms with Crippen molar-refractivity contribution < 1.29 is 0 Å². The molecule has 2 atom stereocenters. The summed E-state index contributed by atoms with van der Waals surface area (Å²) in [5.74, 6) is 0.641. The van der Waals surface area contributed by atoms with Crippen LogP contribution in [0.15, 0.2) is 30.9 Å². The van der Waals surface area contributed by atoms with Crippen LogP contribution in [0.5, 0.6) is 0 Å². The largest absolute Gasteiger partial charge is 0.380 e. The van der Waals surface area contributed by atoms with Crippen molar-refractivity contribution in [1.82, 2.24) is 14.8 Å². The first kappa shape index (κ1) is 14.4. The zero-order chi connectivity index (χ0) is 15.0. The second-order valence-corrected chi connectivity index (χ2v) is 7.18. The Morgan fingerprint density at radius 2 is 2.14 bits per heavy atom. The van der Waals surface area contributed by atoms with Gasteiger partial charge in [0.2, 0.25) is 0 Å². The summed E-state index contributed by atoms with van der Waals surface area (Å²) in [6.45, 7) is 6.98. The quantitative estimate of drug-likeness (QED) is 0.926. The van der Waals surface area contributed by atoms with E-state index in [9.17, 15) is 0 Å². The molecule has 2 unspecified atom stereocenters. The summed E-state index contributed by atoms with van der Waals surface area (Å²) < 4.78 is 1.72. The van der Waals surface area contributed by atoms with E-state index < -0.39 is 0 Å². The second kappa shape index (κ2) is 5.34. The van der Waals surface area contributed by atoms with Crippen LogP contribution < -0.4 is 5.32 Å². The molecule has 0 bridgehead atoms. The fourth-order valence-corrected chi connectivity index (χ4v) is 3.74. The molecule has 2 aromatic rings. The van der Waals surface area contributed by atoms with Gasteiger partial charge in [-0.25, -0.2) is 9.67 Å². The summed E-state index contributed by atoms with van der Waals surface area (Å²) in [6.07, 6.45) is 5.60. The van der Waals surface area contributed by atoms with Crippen molar-refractivity contribution in [1.29, 1.82) is 0 Å². The molecule has 1 fully saturated rings. The van der Waals surface area contributed by atoms with E-state index in [1.165, 1.54) is 12.7 Å². The van der Waals surface area contributed by atoms with Crippen LogP contribution in [0.2, 0.25) is 5.02 Å². The van der Waals surface area contributed by atoms with Crippen LogP contribution in [-0.2, 0) is 0 Å². The Balaban J connectivity index is 1.92. The number of hydrogen-bond acceptors (Lipinski definition) is 3. The first-order valence-electron chi connectivity index (χ1n) is 7.36. The van der Waals surface area contributed by atoms with Crippen LogP contribution in [0, 0.1) is 11.3 Å². The van der Waals surface area contributed by atoms with Gasteiger partial charge in [0.05, 0.1) is 10.7 Å². The van der Waals surface area contributed by atoms with Crippen LogP contribution in [0.1, 0.15) is 33.6 Å². The van der Waals surface area contributed by atoms with Crippen molar-refractivity contribution in [3.63, 3.8) is 0 Å². The Labute approximate surface area is 130 Å². The van der Waals surface area contributed by atoms with Gasteiger partial charge in [-0.15, -0.1) is 0 Å². The summed E-state index contributed by atoms with van der Waals surface area (Å²) >= 11 is 6.37. The Morgan fingerprint density at radius 3 is 2.76 bits per heavy atom. The molecule has 21 heavy (non-hydrogen) atoms. The van der Waals surface area contributed by atoms with Crippen LogP contribution in [-0.4, -0.2) is 20.8 Å². The standard InChI is InChI=1S/C16H21ClN4/c1-11-7-16(2,3)8-14(11)20-13-6-4-5-12(17)15(13)21-10-18-9-19-21/h4-6,9-11,14,20H,7-8H2,1-3H3. The number of hydrogen-bond donors (Lipinski definition) is 1. The number of anilines is 1. The van der Waals surface area contributed by atoms with Crippen LogP contribution >= 0.6 is 11.6 Å². The lowest BCUT2D eigenvalue weighted by Crippen LogP contribution is -2.23. The van der Waals surface area contributed by atoms with E-state index in [2.05, 4.69) is 42.2 Å². The van der Waals surface area contributed by atoms with Crippen LogP contribution in [0.25, 0.3) is 5.69 Å². The summed E-state index contributed by atoms with van der Waals surface area (Å²) in [5, 5.41) is 8.56. The molecule has 0 radical (unpaired) electrons. The van der Waals surface area contributed by atoms with E-state index in [-0.39, 0.29) is 0 Å². The average molecular weight is 305 g/mol. The minimum absolute atomic E-state index is 0.392. The second-order valence-electron chi connectivity index (χ2n) is 6.78. The summed E-state index contributed by atoms with van der Waals surface area (Å²) in [6, 6.07) is 6.36. The molecule has 4 nitrogen and oxygen atoms in total. The molecule has 0 spiro atoms. The fourth-order valence-electron chi connectivity index (χ4n) is 3.48. The molecule has 3 rings (SSSR count). The van der Waals surface area contributed by atoms with Gasteiger partial charge in [-0.3, -0.25) is 0 Å². The van der Waals surface area contributed by atoms with E-state index in [0.29, 0.717) is 22.4 Å². The first-order valence-corrected chi connectivity index (χ1v) is 7.74. The number of aromatic nitrogens is 3. The van der Waals surface area contributed by atoms with Crippen molar-refractivity contribution in [2.75, 3.05) is 5.32 Å². The Morgan fingerprint density at radius 1 is 1.33 bits per heavy atom. The maximum atomic E-state index is 6.37. The smallest absolute Gasteiger partial charge is 0.138 e. The Hall–Kier alpha value is -1.55. The molecule has 1 saturated carbocycles. The van der Waals surface area contributed by atoms with Gasteiger partial charge in [0.1, 0.15) is 18.3 Å². The topological polar surface area (TPSA) is 42.7 Å². The Kier molecular flexibility index (Phi) is 3.66. The molecule has 5 heteroatoms. The minimum atomic E-state index is 0.392. The molecule has 1 aliphatic carbocycles. The number of para-hydroxylation sites is 1. The third-order valence-corrected chi connectivity index (χ3v) is 4.61. The maximum absolute atomic E-state index is 6.37. The molecule has 1 N–H and O–H groups in total. The molecule has 1 aromatic heterocycles. The van der Waals surface area contributed by atoms with E-state index >= 15 is 0 Å². The predicted molar refractivity (Wildman–Crippen MR) is 86.0 cm³/mol. The molecule has 0 saturated heterocycles. The van der Waals surface area contributed by atoms with Gasteiger partial charge in [-0.05, 0) is 36.3 Å². The highest BCUT2D eigenvalue weighted by atomic mass is 35.5. The van der Waals surface area contributed by atoms with Crippen molar-refractivity contribution in [3.8, 4) is 5.69 Å². The van der Waals surface area contributed by atoms with E-state index in [1.54, 1.807) is 11.0 Å². The van der Waals surface area contributed by atoms with Gasteiger partial charge < -0.3 is 5.32 Å². The normalized spacial score (nSPS) is 24.2.